The van der Waals surface area contributed by atoms with Gasteiger partial charge in [-0.15, -0.1) is 0 Å². The topological polar surface area (TPSA) is 95.8 Å². The van der Waals surface area contributed by atoms with E-state index < -0.39 is 10.8 Å². The Hall–Kier alpha value is -3.13. The molecule has 2 aromatic carbocycles. The van der Waals surface area contributed by atoms with Gasteiger partial charge in [-0.1, -0.05) is 37.6 Å². The Morgan fingerprint density at radius 3 is 2.42 bits per heavy atom. The van der Waals surface area contributed by atoms with Crippen LogP contribution < -0.4 is 10.2 Å². The third-order valence-corrected chi connectivity index (χ3v) is 5.61. The molecule has 0 unspecified atom stereocenters. The Kier molecular flexibility index (Phi) is 6.80. The van der Waals surface area contributed by atoms with E-state index in [0.29, 0.717) is 48.1 Å². The molecule has 0 radical (unpaired) electrons. The molecule has 164 valence electrons. The van der Waals surface area contributed by atoms with Crippen LogP contribution in [0, 0.1) is 23.0 Å². The lowest BCUT2D eigenvalue weighted by Crippen LogP contribution is -2.50. The number of benzene rings is 2. The molecule has 0 aromatic heterocycles. The van der Waals surface area contributed by atoms with Gasteiger partial charge in [0.2, 0.25) is 5.91 Å². The summed E-state index contributed by atoms with van der Waals surface area (Å²) in [4.78, 5) is 39.6. The van der Waals surface area contributed by atoms with Crippen LogP contribution in [0.25, 0.3) is 0 Å². The van der Waals surface area contributed by atoms with Crippen molar-refractivity contribution >= 4 is 40.5 Å². The highest BCUT2D eigenvalue weighted by Crippen LogP contribution is 2.35. The smallest absolute Gasteiger partial charge is 0.273 e. The number of halogens is 1. The molecule has 1 aliphatic rings. The maximum absolute atomic E-state index is 12.8. The van der Waals surface area contributed by atoms with E-state index in [9.17, 15) is 19.7 Å². The summed E-state index contributed by atoms with van der Waals surface area (Å²) in [5.41, 5.74) is 1.76. The zero-order valence-corrected chi connectivity index (χ0v) is 18.5. The summed E-state index contributed by atoms with van der Waals surface area (Å²) in [7, 11) is 0. The van der Waals surface area contributed by atoms with Crippen molar-refractivity contribution in [3.05, 3.63) is 62.7 Å². The molecule has 0 atom stereocenters. The molecule has 9 heteroatoms. The third-order valence-electron chi connectivity index (χ3n) is 5.30. The summed E-state index contributed by atoms with van der Waals surface area (Å²) >= 11 is 6.47. The molecule has 0 bridgehead atoms. The first-order valence-electron chi connectivity index (χ1n) is 10.1. The molecular weight excluding hydrogens is 420 g/mol. The van der Waals surface area contributed by atoms with E-state index in [2.05, 4.69) is 5.32 Å². The van der Waals surface area contributed by atoms with Crippen LogP contribution >= 0.6 is 11.6 Å². The van der Waals surface area contributed by atoms with Crippen LogP contribution in [0.4, 0.5) is 17.1 Å². The lowest BCUT2D eigenvalue weighted by molar-refractivity contribution is -0.385. The number of aryl methyl sites for hydroxylation is 1. The van der Waals surface area contributed by atoms with Crippen LogP contribution in [0.15, 0.2) is 36.4 Å². The molecule has 1 fully saturated rings. The summed E-state index contributed by atoms with van der Waals surface area (Å²) in [5, 5.41) is 14.5. The fourth-order valence-corrected chi connectivity index (χ4v) is 3.89. The van der Waals surface area contributed by atoms with Gasteiger partial charge >= 0.3 is 0 Å². The predicted molar refractivity (Wildman–Crippen MR) is 121 cm³/mol. The molecule has 1 heterocycles. The van der Waals surface area contributed by atoms with Crippen molar-refractivity contribution in [3.63, 3.8) is 0 Å². The summed E-state index contributed by atoms with van der Waals surface area (Å²) in [6, 6.07) is 9.60. The minimum absolute atomic E-state index is 0.0553. The Labute approximate surface area is 185 Å². The number of anilines is 2. The van der Waals surface area contributed by atoms with E-state index in [1.54, 1.807) is 37.3 Å². The van der Waals surface area contributed by atoms with Gasteiger partial charge in [-0.25, -0.2) is 0 Å². The van der Waals surface area contributed by atoms with Crippen LogP contribution in [0.5, 0.6) is 0 Å². The van der Waals surface area contributed by atoms with E-state index in [-0.39, 0.29) is 23.1 Å². The molecular formula is C22H25ClN4O4. The van der Waals surface area contributed by atoms with Gasteiger partial charge in [-0.2, -0.15) is 0 Å². The number of rotatable bonds is 5. The van der Waals surface area contributed by atoms with Crippen molar-refractivity contribution in [1.82, 2.24) is 4.90 Å². The van der Waals surface area contributed by atoms with Gasteiger partial charge in [0.05, 0.1) is 21.3 Å². The maximum atomic E-state index is 12.8. The summed E-state index contributed by atoms with van der Waals surface area (Å²) in [5.74, 6) is -0.395. The number of hydrogen-bond acceptors (Lipinski definition) is 5. The van der Waals surface area contributed by atoms with E-state index >= 15 is 0 Å². The van der Waals surface area contributed by atoms with Crippen LogP contribution in [-0.4, -0.2) is 47.8 Å². The normalized spacial score (nSPS) is 14.0. The van der Waals surface area contributed by atoms with Crippen molar-refractivity contribution < 1.29 is 14.5 Å². The summed E-state index contributed by atoms with van der Waals surface area (Å²) < 4.78 is 0. The molecule has 2 aromatic rings. The highest BCUT2D eigenvalue weighted by Gasteiger charge is 2.26. The fourth-order valence-electron chi connectivity index (χ4n) is 3.60. The van der Waals surface area contributed by atoms with Crippen molar-refractivity contribution in [2.75, 3.05) is 36.4 Å². The average molecular weight is 445 g/mol. The summed E-state index contributed by atoms with van der Waals surface area (Å²) in [6.45, 7) is 7.69. The number of para-hydroxylation sites is 1. The molecule has 3 rings (SSSR count). The number of carbonyl (C=O) groups excluding carboxylic acids is 2. The Balaban J connectivity index is 1.81. The Bertz CT molecular complexity index is 1020. The number of piperazine rings is 1. The Morgan fingerprint density at radius 1 is 1.13 bits per heavy atom. The number of hydrogen-bond donors (Lipinski definition) is 1. The fraction of sp³-hybridized carbons (Fsp3) is 0.364. The number of nitro benzene ring substituents is 1. The van der Waals surface area contributed by atoms with Gasteiger partial charge in [0.1, 0.15) is 0 Å². The second-order valence-corrected chi connectivity index (χ2v) is 8.22. The van der Waals surface area contributed by atoms with Crippen molar-refractivity contribution in [3.8, 4) is 0 Å². The van der Waals surface area contributed by atoms with Crippen molar-refractivity contribution in [2.24, 2.45) is 5.92 Å². The van der Waals surface area contributed by atoms with E-state index in [0.717, 1.165) is 0 Å². The first-order chi connectivity index (χ1) is 14.7. The summed E-state index contributed by atoms with van der Waals surface area (Å²) in [6.07, 6.45) is 0. The second-order valence-electron chi connectivity index (χ2n) is 7.82. The lowest BCUT2D eigenvalue weighted by Gasteiger charge is -2.38. The quantitative estimate of drug-likeness (QED) is 0.553. The molecule has 31 heavy (non-hydrogen) atoms. The number of nitrogens with one attached hydrogen (secondary N) is 1. The van der Waals surface area contributed by atoms with Crippen LogP contribution in [0.1, 0.15) is 29.8 Å². The van der Waals surface area contributed by atoms with Crippen molar-refractivity contribution in [1.29, 1.82) is 0 Å². The standard InChI is InChI=1S/C22H25ClN4O4/c1-14(2)22(29)26-11-9-25(10-12-26)20-17(23)5-4-6-18(20)24-21(28)16-8-7-15(3)19(13-16)27(30)31/h4-8,13-14H,9-12H2,1-3H3,(H,24,28). The number of amides is 2. The largest absolute Gasteiger partial charge is 0.365 e. The molecule has 2 amide bonds. The van der Waals surface area contributed by atoms with Gasteiger partial charge in [-0.05, 0) is 25.1 Å². The molecule has 8 nitrogen and oxygen atoms in total. The van der Waals surface area contributed by atoms with Crippen LogP contribution in [0.2, 0.25) is 5.02 Å². The first kappa shape index (κ1) is 22.6. The van der Waals surface area contributed by atoms with Gasteiger partial charge in [0.25, 0.3) is 11.6 Å². The monoisotopic (exact) mass is 444 g/mol. The maximum Gasteiger partial charge on any atom is 0.273 e. The Morgan fingerprint density at radius 2 is 1.81 bits per heavy atom. The lowest BCUT2D eigenvalue weighted by atomic mass is 10.1. The molecule has 1 N–H and O–H groups in total. The molecule has 0 aliphatic carbocycles. The zero-order valence-electron chi connectivity index (χ0n) is 17.7. The number of nitro groups is 1. The zero-order chi connectivity index (χ0) is 22.7. The van der Waals surface area contributed by atoms with Gasteiger partial charge in [-0.3, -0.25) is 19.7 Å². The highest BCUT2D eigenvalue weighted by molar-refractivity contribution is 6.34. The molecule has 1 saturated heterocycles. The predicted octanol–water partition coefficient (Wildman–Crippen LogP) is 4.11. The third kappa shape index (κ3) is 4.96. The minimum Gasteiger partial charge on any atom is -0.365 e. The number of nitrogens with zero attached hydrogens (tertiary/aromatic N) is 3. The SMILES string of the molecule is Cc1ccc(C(=O)Nc2cccc(Cl)c2N2CCN(C(=O)C(C)C)CC2)cc1[N+](=O)[O-]. The van der Waals surface area contributed by atoms with Gasteiger partial charge < -0.3 is 15.1 Å². The van der Waals surface area contributed by atoms with Crippen molar-refractivity contribution in [2.45, 2.75) is 20.8 Å². The van der Waals surface area contributed by atoms with E-state index in [1.165, 1.54) is 6.07 Å². The average Bonchev–Trinajstić information content (AvgIpc) is 2.73. The van der Waals surface area contributed by atoms with E-state index in [1.807, 2.05) is 23.6 Å². The van der Waals surface area contributed by atoms with Gasteiger partial charge in [0.15, 0.2) is 0 Å². The molecule has 1 aliphatic heterocycles. The second kappa shape index (κ2) is 9.34. The highest BCUT2D eigenvalue weighted by atomic mass is 35.5. The minimum atomic E-state index is -0.505. The van der Waals surface area contributed by atoms with Gasteiger partial charge in [0, 0.05) is 49.3 Å². The van der Waals surface area contributed by atoms with Crippen LogP contribution in [0.3, 0.4) is 0 Å². The first-order valence-corrected chi connectivity index (χ1v) is 10.5. The van der Waals surface area contributed by atoms with Crippen LogP contribution in [-0.2, 0) is 4.79 Å². The molecule has 0 saturated carbocycles. The molecule has 0 spiro atoms. The number of carbonyl (C=O) groups is 2. The van der Waals surface area contributed by atoms with E-state index in [4.69, 9.17) is 11.6 Å².